The first kappa shape index (κ1) is 15.5. The number of sulfonamides is 1. The van der Waals surface area contributed by atoms with Gasteiger partial charge in [0.15, 0.2) is 0 Å². The molecule has 8 heteroatoms. The van der Waals surface area contributed by atoms with Crippen molar-refractivity contribution in [3.63, 3.8) is 0 Å². The van der Waals surface area contributed by atoms with Gasteiger partial charge in [-0.2, -0.15) is 5.10 Å². The predicted octanol–water partition coefficient (Wildman–Crippen LogP) is 1.31. The Morgan fingerprint density at radius 3 is 2.65 bits per heavy atom. The molecule has 122 valence electrons. The standard InChI is InChI=1S/C15H18N4O3S/c20-15-7-4-8-18(15)9-10-19-12-13(11-16-19)17-23(21,22)14-5-2-1-3-6-14/h1-3,5-6,11-12,17H,4,7-10H2. The monoisotopic (exact) mass is 334 g/mol. The zero-order valence-electron chi connectivity index (χ0n) is 12.6. The molecule has 1 aliphatic rings. The molecule has 0 atom stereocenters. The van der Waals surface area contributed by atoms with Gasteiger partial charge in [-0.3, -0.25) is 14.2 Å². The van der Waals surface area contributed by atoms with Crippen molar-refractivity contribution in [2.24, 2.45) is 0 Å². The number of likely N-dealkylation sites (tertiary alicyclic amines) is 1. The van der Waals surface area contributed by atoms with Gasteiger partial charge in [-0.1, -0.05) is 18.2 Å². The Morgan fingerprint density at radius 2 is 1.96 bits per heavy atom. The molecule has 1 aromatic heterocycles. The summed E-state index contributed by atoms with van der Waals surface area (Å²) in [6, 6.07) is 8.17. The third-order valence-corrected chi connectivity index (χ3v) is 5.11. The Kier molecular flexibility index (Phi) is 4.33. The van der Waals surface area contributed by atoms with Gasteiger partial charge in [0.2, 0.25) is 5.91 Å². The van der Waals surface area contributed by atoms with E-state index in [2.05, 4.69) is 9.82 Å². The number of carbonyl (C=O) groups excluding carboxylic acids is 1. The van der Waals surface area contributed by atoms with E-state index in [1.54, 1.807) is 34.0 Å². The van der Waals surface area contributed by atoms with Crippen molar-refractivity contribution < 1.29 is 13.2 Å². The van der Waals surface area contributed by atoms with Crippen LogP contribution in [0, 0.1) is 0 Å². The van der Waals surface area contributed by atoms with Gasteiger partial charge in [-0.05, 0) is 18.6 Å². The van der Waals surface area contributed by atoms with Gasteiger partial charge in [-0.25, -0.2) is 8.42 Å². The van der Waals surface area contributed by atoms with Crippen molar-refractivity contribution in [1.82, 2.24) is 14.7 Å². The maximum atomic E-state index is 12.2. The number of nitrogens with one attached hydrogen (secondary N) is 1. The second kappa shape index (κ2) is 6.41. The Bertz CT molecular complexity index is 786. The number of hydrogen-bond donors (Lipinski definition) is 1. The topological polar surface area (TPSA) is 84.3 Å². The molecule has 0 bridgehead atoms. The number of anilines is 1. The van der Waals surface area contributed by atoms with Gasteiger partial charge < -0.3 is 4.90 Å². The molecule has 1 amide bonds. The van der Waals surface area contributed by atoms with Crippen LogP contribution in [-0.4, -0.2) is 42.1 Å². The molecule has 0 saturated carbocycles. The molecule has 0 aliphatic carbocycles. The number of rotatable bonds is 6. The maximum absolute atomic E-state index is 12.2. The minimum Gasteiger partial charge on any atom is -0.341 e. The number of nitrogens with zero attached hydrogens (tertiary/aromatic N) is 3. The van der Waals surface area contributed by atoms with Crippen LogP contribution in [0.15, 0.2) is 47.6 Å². The van der Waals surface area contributed by atoms with Gasteiger partial charge in [0.25, 0.3) is 10.0 Å². The lowest BCUT2D eigenvalue weighted by atomic mass is 10.4. The summed E-state index contributed by atoms with van der Waals surface area (Å²) < 4.78 is 28.6. The average Bonchev–Trinajstić information content (AvgIpc) is 3.15. The van der Waals surface area contributed by atoms with Crippen molar-refractivity contribution in [2.45, 2.75) is 24.3 Å². The molecule has 1 saturated heterocycles. The Labute approximate surface area is 135 Å². The van der Waals surface area contributed by atoms with Gasteiger partial charge in [-0.15, -0.1) is 0 Å². The van der Waals surface area contributed by atoms with E-state index >= 15 is 0 Å². The molecule has 0 radical (unpaired) electrons. The van der Waals surface area contributed by atoms with E-state index in [0.717, 1.165) is 13.0 Å². The highest BCUT2D eigenvalue weighted by atomic mass is 32.2. The molecule has 0 unspecified atom stereocenters. The molecule has 1 aliphatic heterocycles. The third-order valence-electron chi connectivity index (χ3n) is 3.71. The van der Waals surface area contributed by atoms with Crippen molar-refractivity contribution in [3.8, 4) is 0 Å². The van der Waals surface area contributed by atoms with Crippen molar-refractivity contribution in [3.05, 3.63) is 42.7 Å². The number of benzene rings is 1. The predicted molar refractivity (Wildman–Crippen MR) is 85.3 cm³/mol. The second-order valence-electron chi connectivity index (χ2n) is 5.39. The van der Waals surface area contributed by atoms with E-state index in [4.69, 9.17) is 0 Å². The molecule has 2 heterocycles. The van der Waals surface area contributed by atoms with Crippen LogP contribution in [-0.2, 0) is 21.4 Å². The summed E-state index contributed by atoms with van der Waals surface area (Å²) >= 11 is 0. The molecule has 1 fully saturated rings. The van der Waals surface area contributed by atoms with E-state index in [1.165, 1.54) is 18.3 Å². The molecule has 2 aromatic rings. The molecule has 1 N–H and O–H groups in total. The van der Waals surface area contributed by atoms with E-state index < -0.39 is 10.0 Å². The summed E-state index contributed by atoms with van der Waals surface area (Å²) in [4.78, 5) is 13.6. The summed E-state index contributed by atoms with van der Waals surface area (Å²) in [6.45, 7) is 1.91. The van der Waals surface area contributed by atoms with E-state index in [1.807, 2.05) is 0 Å². The average molecular weight is 334 g/mol. The highest BCUT2D eigenvalue weighted by molar-refractivity contribution is 7.92. The Balaban J connectivity index is 1.62. The quantitative estimate of drug-likeness (QED) is 0.863. The molecule has 1 aromatic carbocycles. The zero-order valence-corrected chi connectivity index (χ0v) is 13.4. The molecule has 0 spiro atoms. The van der Waals surface area contributed by atoms with Crippen LogP contribution >= 0.6 is 0 Å². The lowest BCUT2D eigenvalue weighted by molar-refractivity contribution is -0.127. The number of hydrogen-bond acceptors (Lipinski definition) is 4. The van der Waals surface area contributed by atoms with Gasteiger partial charge in [0.1, 0.15) is 0 Å². The van der Waals surface area contributed by atoms with Crippen LogP contribution in [0.3, 0.4) is 0 Å². The summed E-state index contributed by atoms with van der Waals surface area (Å²) in [7, 11) is -3.61. The molecule has 7 nitrogen and oxygen atoms in total. The lowest BCUT2D eigenvalue weighted by Gasteiger charge is -2.14. The first-order chi connectivity index (χ1) is 11.0. The summed E-state index contributed by atoms with van der Waals surface area (Å²) in [5, 5.41) is 4.13. The van der Waals surface area contributed by atoms with Crippen molar-refractivity contribution >= 4 is 21.6 Å². The summed E-state index contributed by atoms with van der Waals surface area (Å²) in [5.41, 5.74) is 0.404. The van der Waals surface area contributed by atoms with E-state index in [0.29, 0.717) is 25.2 Å². The minimum atomic E-state index is -3.61. The van der Waals surface area contributed by atoms with Crippen molar-refractivity contribution in [2.75, 3.05) is 17.8 Å². The van der Waals surface area contributed by atoms with Crippen LogP contribution in [0.1, 0.15) is 12.8 Å². The van der Waals surface area contributed by atoms with E-state index in [-0.39, 0.29) is 10.8 Å². The number of amides is 1. The first-order valence-corrected chi connectivity index (χ1v) is 8.91. The maximum Gasteiger partial charge on any atom is 0.261 e. The fraction of sp³-hybridized carbons (Fsp3) is 0.333. The number of aromatic nitrogens is 2. The molecule has 3 rings (SSSR count). The second-order valence-corrected chi connectivity index (χ2v) is 7.08. The third kappa shape index (κ3) is 3.70. The molecular weight excluding hydrogens is 316 g/mol. The zero-order chi connectivity index (χ0) is 16.3. The largest absolute Gasteiger partial charge is 0.341 e. The van der Waals surface area contributed by atoms with Crippen LogP contribution < -0.4 is 4.72 Å². The molecular formula is C15H18N4O3S. The van der Waals surface area contributed by atoms with E-state index in [9.17, 15) is 13.2 Å². The highest BCUT2D eigenvalue weighted by Gasteiger charge is 2.19. The molecule has 23 heavy (non-hydrogen) atoms. The fourth-order valence-corrected chi connectivity index (χ4v) is 3.56. The Morgan fingerprint density at radius 1 is 1.17 bits per heavy atom. The highest BCUT2D eigenvalue weighted by Crippen LogP contribution is 2.15. The van der Waals surface area contributed by atoms with Crippen LogP contribution in [0.25, 0.3) is 0 Å². The van der Waals surface area contributed by atoms with Crippen LogP contribution in [0.5, 0.6) is 0 Å². The summed E-state index contributed by atoms with van der Waals surface area (Å²) in [5.74, 6) is 0.169. The van der Waals surface area contributed by atoms with Gasteiger partial charge in [0.05, 0.1) is 23.3 Å². The smallest absolute Gasteiger partial charge is 0.261 e. The van der Waals surface area contributed by atoms with Crippen LogP contribution in [0.2, 0.25) is 0 Å². The SMILES string of the molecule is O=C1CCCN1CCn1cc(NS(=O)(=O)c2ccccc2)cn1. The fourth-order valence-electron chi connectivity index (χ4n) is 2.52. The van der Waals surface area contributed by atoms with Crippen LogP contribution in [0.4, 0.5) is 5.69 Å². The number of carbonyl (C=O) groups is 1. The minimum absolute atomic E-state index is 0.169. The van der Waals surface area contributed by atoms with Crippen molar-refractivity contribution in [1.29, 1.82) is 0 Å². The first-order valence-electron chi connectivity index (χ1n) is 7.43. The summed E-state index contributed by atoms with van der Waals surface area (Å²) in [6.07, 6.45) is 4.61. The van der Waals surface area contributed by atoms with Gasteiger partial charge in [0, 0.05) is 25.7 Å². The van der Waals surface area contributed by atoms with Gasteiger partial charge >= 0.3 is 0 Å². The lowest BCUT2D eigenvalue weighted by Crippen LogP contribution is -2.28. The normalized spacial score (nSPS) is 15.1. The Hall–Kier alpha value is -2.35.